The van der Waals surface area contributed by atoms with E-state index in [9.17, 15) is 14.4 Å². The van der Waals surface area contributed by atoms with Gasteiger partial charge < -0.3 is 10.1 Å². The number of hydrogen-bond acceptors (Lipinski definition) is 6. The minimum atomic E-state index is -0.455. The van der Waals surface area contributed by atoms with Crippen LogP contribution in [0.15, 0.2) is 58.7 Å². The predicted molar refractivity (Wildman–Crippen MR) is 98.2 cm³/mol. The number of aromatic nitrogens is 2. The molecule has 1 amide bonds. The second kappa shape index (κ2) is 7.75. The summed E-state index contributed by atoms with van der Waals surface area (Å²) in [7, 11) is 1.30. The normalized spacial score (nSPS) is 10.3. The van der Waals surface area contributed by atoms with Gasteiger partial charge in [0.25, 0.3) is 5.56 Å². The quantitative estimate of drug-likeness (QED) is 0.698. The number of ether oxygens (including phenoxy) is 1. The van der Waals surface area contributed by atoms with Crippen LogP contribution < -0.4 is 10.9 Å². The molecule has 0 fully saturated rings. The van der Waals surface area contributed by atoms with E-state index in [2.05, 4.69) is 15.2 Å². The average Bonchev–Trinajstić information content (AvgIpc) is 3.18. The molecule has 0 aliphatic carbocycles. The molecule has 26 heavy (non-hydrogen) atoms. The Hall–Kier alpha value is -3.26. The summed E-state index contributed by atoms with van der Waals surface area (Å²) in [6.45, 7) is -0.212. The van der Waals surface area contributed by atoms with Crippen LogP contribution in [0.3, 0.4) is 0 Å². The lowest BCUT2D eigenvalue weighted by atomic mass is 10.2. The Morgan fingerprint density at radius 1 is 1.15 bits per heavy atom. The zero-order valence-electron chi connectivity index (χ0n) is 13.8. The molecular formula is C18H15N3O4S. The Balaban J connectivity index is 1.71. The Kier molecular flexibility index (Phi) is 5.23. The molecule has 132 valence electrons. The van der Waals surface area contributed by atoms with Gasteiger partial charge in [0, 0.05) is 11.8 Å². The van der Waals surface area contributed by atoms with E-state index in [4.69, 9.17) is 0 Å². The molecule has 0 saturated carbocycles. The second-order valence-electron chi connectivity index (χ2n) is 5.31. The van der Waals surface area contributed by atoms with Crippen molar-refractivity contribution in [3.63, 3.8) is 0 Å². The van der Waals surface area contributed by atoms with Gasteiger partial charge in [-0.2, -0.15) is 5.10 Å². The Morgan fingerprint density at radius 3 is 2.58 bits per heavy atom. The summed E-state index contributed by atoms with van der Waals surface area (Å²) < 4.78 is 5.74. The first-order chi connectivity index (χ1) is 12.6. The summed E-state index contributed by atoms with van der Waals surface area (Å²) in [6, 6.07) is 13.1. The Morgan fingerprint density at radius 2 is 1.92 bits per heavy atom. The SMILES string of the molecule is COC(=O)c1ccc(NC(=O)Cn2nc(-c3cccs3)ccc2=O)cc1. The van der Waals surface area contributed by atoms with E-state index < -0.39 is 11.9 Å². The lowest BCUT2D eigenvalue weighted by Gasteiger charge is -2.08. The van der Waals surface area contributed by atoms with Crippen molar-refractivity contribution in [1.29, 1.82) is 0 Å². The van der Waals surface area contributed by atoms with Gasteiger partial charge in [0.2, 0.25) is 5.91 Å². The summed E-state index contributed by atoms with van der Waals surface area (Å²) >= 11 is 1.50. The molecule has 0 radical (unpaired) electrons. The zero-order valence-corrected chi connectivity index (χ0v) is 14.7. The summed E-state index contributed by atoms with van der Waals surface area (Å²) in [5, 5.41) is 8.82. The summed E-state index contributed by atoms with van der Waals surface area (Å²) in [5.41, 5.74) is 1.16. The third kappa shape index (κ3) is 4.04. The number of rotatable bonds is 5. The third-order valence-electron chi connectivity index (χ3n) is 3.52. The van der Waals surface area contributed by atoms with Crippen LogP contribution in [0, 0.1) is 0 Å². The van der Waals surface area contributed by atoms with Gasteiger partial charge in [-0.05, 0) is 41.8 Å². The van der Waals surface area contributed by atoms with Crippen LogP contribution >= 0.6 is 11.3 Å². The van der Waals surface area contributed by atoms with Crippen LogP contribution in [-0.2, 0) is 16.1 Å². The molecule has 2 heterocycles. The highest BCUT2D eigenvalue weighted by Crippen LogP contribution is 2.21. The second-order valence-corrected chi connectivity index (χ2v) is 6.26. The molecule has 8 heteroatoms. The maximum atomic E-state index is 12.2. The monoisotopic (exact) mass is 369 g/mol. The number of carbonyl (C=O) groups excluding carboxylic acids is 2. The molecule has 3 aromatic rings. The van der Waals surface area contributed by atoms with E-state index >= 15 is 0 Å². The highest BCUT2D eigenvalue weighted by atomic mass is 32.1. The van der Waals surface area contributed by atoms with Crippen molar-refractivity contribution in [2.45, 2.75) is 6.54 Å². The molecule has 1 aromatic carbocycles. The van der Waals surface area contributed by atoms with Crippen LogP contribution in [0.4, 0.5) is 5.69 Å². The van der Waals surface area contributed by atoms with E-state index in [0.29, 0.717) is 16.9 Å². The molecular weight excluding hydrogens is 354 g/mol. The van der Waals surface area contributed by atoms with Crippen LogP contribution in [0.5, 0.6) is 0 Å². The fourth-order valence-corrected chi connectivity index (χ4v) is 2.95. The molecule has 0 aliphatic rings. The number of thiophene rings is 1. The van der Waals surface area contributed by atoms with Gasteiger partial charge in [0.15, 0.2) is 0 Å². The number of benzene rings is 1. The maximum Gasteiger partial charge on any atom is 0.337 e. The smallest absolute Gasteiger partial charge is 0.337 e. The van der Waals surface area contributed by atoms with E-state index in [1.54, 1.807) is 30.3 Å². The van der Waals surface area contributed by atoms with Gasteiger partial charge >= 0.3 is 5.97 Å². The lowest BCUT2D eigenvalue weighted by Crippen LogP contribution is -2.29. The van der Waals surface area contributed by atoms with Crippen molar-refractivity contribution in [2.24, 2.45) is 0 Å². The van der Waals surface area contributed by atoms with E-state index in [-0.39, 0.29) is 12.1 Å². The molecule has 1 N–H and O–H groups in total. The van der Waals surface area contributed by atoms with Gasteiger partial charge in [-0.1, -0.05) is 6.07 Å². The van der Waals surface area contributed by atoms with Crippen molar-refractivity contribution in [1.82, 2.24) is 9.78 Å². The van der Waals surface area contributed by atoms with Crippen LogP contribution in [-0.4, -0.2) is 28.8 Å². The van der Waals surface area contributed by atoms with Gasteiger partial charge in [-0.15, -0.1) is 11.3 Å². The summed E-state index contributed by atoms with van der Waals surface area (Å²) in [4.78, 5) is 36.5. The molecule has 0 spiro atoms. The van der Waals surface area contributed by atoms with Crippen molar-refractivity contribution >= 4 is 28.9 Å². The molecule has 0 atom stereocenters. The van der Waals surface area contributed by atoms with E-state index in [0.717, 1.165) is 9.56 Å². The number of hydrogen-bond donors (Lipinski definition) is 1. The topological polar surface area (TPSA) is 90.3 Å². The number of anilines is 1. The maximum absolute atomic E-state index is 12.2. The van der Waals surface area contributed by atoms with Crippen molar-refractivity contribution in [3.05, 3.63) is 69.8 Å². The van der Waals surface area contributed by atoms with E-state index in [1.807, 2.05) is 17.5 Å². The predicted octanol–water partition coefficient (Wildman–Crippen LogP) is 2.40. The van der Waals surface area contributed by atoms with Crippen molar-refractivity contribution < 1.29 is 14.3 Å². The number of carbonyl (C=O) groups is 2. The first-order valence-electron chi connectivity index (χ1n) is 7.67. The highest BCUT2D eigenvalue weighted by Gasteiger charge is 2.10. The molecule has 0 aliphatic heterocycles. The lowest BCUT2D eigenvalue weighted by molar-refractivity contribution is -0.117. The van der Waals surface area contributed by atoms with Crippen molar-refractivity contribution in [3.8, 4) is 10.6 Å². The average molecular weight is 369 g/mol. The summed E-state index contributed by atoms with van der Waals surface area (Å²) in [5.74, 6) is -0.849. The summed E-state index contributed by atoms with van der Waals surface area (Å²) in [6.07, 6.45) is 0. The van der Waals surface area contributed by atoms with Crippen molar-refractivity contribution in [2.75, 3.05) is 12.4 Å². The van der Waals surface area contributed by atoms with Gasteiger partial charge in [-0.3, -0.25) is 9.59 Å². The Bertz CT molecular complexity index is 978. The first kappa shape index (κ1) is 17.6. The third-order valence-corrected chi connectivity index (χ3v) is 4.42. The number of methoxy groups -OCH3 is 1. The first-order valence-corrected chi connectivity index (χ1v) is 8.55. The van der Waals surface area contributed by atoms with Gasteiger partial charge in [0.05, 0.1) is 17.6 Å². The molecule has 0 unspecified atom stereocenters. The minimum absolute atomic E-state index is 0.212. The standard InChI is InChI=1S/C18H15N3O4S/c1-25-18(24)12-4-6-13(7-5-12)19-16(22)11-21-17(23)9-8-14(20-21)15-3-2-10-26-15/h2-10H,11H2,1H3,(H,19,22). The van der Waals surface area contributed by atoms with Gasteiger partial charge in [0.1, 0.15) is 12.2 Å². The number of esters is 1. The van der Waals surface area contributed by atoms with Gasteiger partial charge in [-0.25, -0.2) is 9.48 Å². The number of nitrogens with zero attached hydrogens (tertiary/aromatic N) is 2. The van der Waals surface area contributed by atoms with Crippen LogP contribution in [0.1, 0.15) is 10.4 Å². The molecule has 0 bridgehead atoms. The molecule has 7 nitrogen and oxygen atoms in total. The molecule has 0 saturated heterocycles. The minimum Gasteiger partial charge on any atom is -0.465 e. The Labute approximate surface area is 152 Å². The molecule has 2 aromatic heterocycles. The van der Waals surface area contributed by atoms with E-state index in [1.165, 1.54) is 24.5 Å². The van der Waals surface area contributed by atoms with Crippen LogP contribution in [0.2, 0.25) is 0 Å². The fourth-order valence-electron chi connectivity index (χ4n) is 2.26. The van der Waals surface area contributed by atoms with Crippen LogP contribution in [0.25, 0.3) is 10.6 Å². The molecule has 3 rings (SSSR count). The fraction of sp³-hybridized carbons (Fsp3) is 0.111. The number of nitrogens with one attached hydrogen (secondary N) is 1. The highest BCUT2D eigenvalue weighted by molar-refractivity contribution is 7.13. The zero-order chi connectivity index (χ0) is 18.5. The largest absolute Gasteiger partial charge is 0.465 e. The number of amides is 1.